The number of urea groups is 1. The highest BCUT2D eigenvalue weighted by Crippen LogP contribution is 2.17. The Bertz CT molecular complexity index is 768. The molecule has 4 amide bonds. The number of halogens is 1. The van der Waals surface area contributed by atoms with Gasteiger partial charge < -0.3 is 26.2 Å². The summed E-state index contributed by atoms with van der Waals surface area (Å²) in [6.07, 6.45) is 3.76. The van der Waals surface area contributed by atoms with Gasteiger partial charge in [-0.05, 0) is 43.5 Å². The Morgan fingerprint density at radius 3 is 2.41 bits per heavy atom. The van der Waals surface area contributed by atoms with Crippen molar-refractivity contribution in [3.63, 3.8) is 0 Å². The Balaban J connectivity index is 1.87. The molecule has 1 saturated heterocycles. The Hall–Kier alpha value is -2.32. The third-order valence-electron chi connectivity index (χ3n) is 5.86. The van der Waals surface area contributed by atoms with Crippen LogP contribution in [0.3, 0.4) is 0 Å². The molecule has 32 heavy (non-hydrogen) atoms. The van der Waals surface area contributed by atoms with Gasteiger partial charge in [0, 0.05) is 43.3 Å². The van der Waals surface area contributed by atoms with Crippen LogP contribution in [0.5, 0.6) is 0 Å². The zero-order valence-electron chi connectivity index (χ0n) is 19.1. The van der Waals surface area contributed by atoms with Crippen LogP contribution in [0.4, 0.5) is 10.5 Å². The Morgan fingerprint density at radius 1 is 1.09 bits per heavy atom. The van der Waals surface area contributed by atoms with Crippen molar-refractivity contribution in [3.05, 3.63) is 29.3 Å². The zero-order valence-corrected chi connectivity index (χ0v) is 19.9. The van der Waals surface area contributed by atoms with Crippen molar-refractivity contribution in [3.8, 4) is 0 Å². The van der Waals surface area contributed by atoms with E-state index in [0.717, 1.165) is 25.7 Å². The third kappa shape index (κ3) is 7.98. The van der Waals surface area contributed by atoms with Crippen LogP contribution in [0.1, 0.15) is 46.0 Å². The highest BCUT2D eigenvalue weighted by Gasteiger charge is 2.32. The first-order valence-corrected chi connectivity index (χ1v) is 11.8. The molecule has 1 aromatic carbocycles. The summed E-state index contributed by atoms with van der Waals surface area (Å²) in [6, 6.07) is 6.22. The fourth-order valence-corrected chi connectivity index (χ4v) is 3.82. The van der Waals surface area contributed by atoms with E-state index in [1.165, 1.54) is 0 Å². The van der Waals surface area contributed by atoms with Crippen molar-refractivity contribution in [1.82, 2.24) is 15.1 Å². The van der Waals surface area contributed by atoms with Crippen LogP contribution in [-0.2, 0) is 9.59 Å². The predicted octanol–water partition coefficient (Wildman–Crippen LogP) is 3.07. The van der Waals surface area contributed by atoms with Gasteiger partial charge in [-0.15, -0.1) is 0 Å². The molecule has 1 aliphatic rings. The second-order valence-electron chi connectivity index (χ2n) is 8.28. The van der Waals surface area contributed by atoms with E-state index in [1.807, 2.05) is 13.8 Å². The van der Waals surface area contributed by atoms with Crippen LogP contribution >= 0.6 is 11.6 Å². The summed E-state index contributed by atoms with van der Waals surface area (Å²) < 4.78 is 0. The quantitative estimate of drug-likeness (QED) is 0.461. The van der Waals surface area contributed by atoms with E-state index < -0.39 is 6.04 Å². The van der Waals surface area contributed by atoms with Gasteiger partial charge in [-0.3, -0.25) is 9.59 Å². The first kappa shape index (κ1) is 25.9. The number of nitrogens with zero attached hydrogens (tertiary/aromatic N) is 2. The molecule has 178 valence electrons. The highest BCUT2D eigenvalue weighted by molar-refractivity contribution is 6.30. The monoisotopic (exact) mass is 465 g/mol. The van der Waals surface area contributed by atoms with Gasteiger partial charge in [0.2, 0.25) is 11.8 Å². The summed E-state index contributed by atoms with van der Waals surface area (Å²) in [7, 11) is 0. The molecule has 0 spiro atoms. The zero-order chi connectivity index (χ0) is 23.5. The van der Waals surface area contributed by atoms with Crippen molar-refractivity contribution in [2.45, 2.75) is 52.0 Å². The van der Waals surface area contributed by atoms with Crippen molar-refractivity contribution in [2.75, 3.05) is 38.0 Å². The summed E-state index contributed by atoms with van der Waals surface area (Å²) in [5.41, 5.74) is 6.13. The third-order valence-corrected chi connectivity index (χ3v) is 6.09. The Morgan fingerprint density at radius 2 is 1.78 bits per heavy atom. The molecule has 0 radical (unpaired) electrons. The first-order chi connectivity index (χ1) is 15.3. The van der Waals surface area contributed by atoms with Crippen molar-refractivity contribution >= 4 is 35.1 Å². The van der Waals surface area contributed by atoms with E-state index in [2.05, 4.69) is 10.6 Å². The minimum Gasteiger partial charge on any atom is -0.344 e. The molecule has 0 bridgehead atoms. The summed E-state index contributed by atoms with van der Waals surface area (Å²) in [4.78, 5) is 41.5. The molecule has 8 nitrogen and oxygen atoms in total. The van der Waals surface area contributed by atoms with Gasteiger partial charge in [-0.2, -0.15) is 0 Å². The molecular formula is C23H36ClN5O3. The SMILES string of the molecule is CCC(C)C(NC(=O)CCCCCN)C(=O)N1CCN(C(=O)Nc2cccc(Cl)c2)CC1. The lowest BCUT2D eigenvalue weighted by molar-refractivity contribution is -0.139. The number of nitrogens with one attached hydrogen (secondary N) is 2. The van der Waals surface area contributed by atoms with E-state index >= 15 is 0 Å². The Labute approximate surface area is 195 Å². The maximum absolute atomic E-state index is 13.2. The van der Waals surface area contributed by atoms with Gasteiger partial charge in [0.05, 0.1) is 0 Å². The van der Waals surface area contributed by atoms with Crippen LogP contribution in [0.15, 0.2) is 24.3 Å². The van der Waals surface area contributed by atoms with Crippen LogP contribution in [0, 0.1) is 5.92 Å². The van der Waals surface area contributed by atoms with Gasteiger partial charge in [-0.1, -0.05) is 44.4 Å². The summed E-state index contributed by atoms with van der Waals surface area (Å²) in [5.74, 6) is -0.149. The lowest BCUT2D eigenvalue weighted by atomic mass is 9.97. The number of piperazine rings is 1. The summed E-state index contributed by atoms with van der Waals surface area (Å²) in [6.45, 7) is 6.33. The van der Waals surface area contributed by atoms with Crippen molar-refractivity contribution < 1.29 is 14.4 Å². The molecule has 1 heterocycles. The number of carbonyl (C=O) groups is 3. The lowest BCUT2D eigenvalue weighted by Crippen LogP contribution is -2.57. The van der Waals surface area contributed by atoms with Crippen molar-refractivity contribution in [2.24, 2.45) is 11.7 Å². The summed E-state index contributed by atoms with van der Waals surface area (Å²) in [5, 5.41) is 6.33. The predicted molar refractivity (Wildman–Crippen MR) is 128 cm³/mol. The van der Waals surface area contributed by atoms with Gasteiger partial charge in [-0.25, -0.2) is 4.79 Å². The van der Waals surface area contributed by atoms with Gasteiger partial charge in [0.15, 0.2) is 0 Å². The van der Waals surface area contributed by atoms with E-state index in [9.17, 15) is 14.4 Å². The number of unbranched alkanes of at least 4 members (excludes halogenated alkanes) is 2. The minimum atomic E-state index is -0.547. The molecule has 1 fully saturated rings. The molecular weight excluding hydrogens is 430 g/mol. The molecule has 4 N–H and O–H groups in total. The number of rotatable bonds is 10. The van der Waals surface area contributed by atoms with Gasteiger partial charge in [0.25, 0.3) is 0 Å². The topological polar surface area (TPSA) is 108 Å². The molecule has 0 saturated carbocycles. The van der Waals surface area contributed by atoms with Crippen LogP contribution in [-0.4, -0.2) is 66.4 Å². The van der Waals surface area contributed by atoms with Crippen LogP contribution in [0.25, 0.3) is 0 Å². The maximum atomic E-state index is 13.2. The van der Waals surface area contributed by atoms with E-state index in [-0.39, 0.29) is 23.8 Å². The second-order valence-corrected chi connectivity index (χ2v) is 8.72. The average Bonchev–Trinajstić information content (AvgIpc) is 2.79. The summed E-state index contributed by atoms with van der Waals surface area (Å²) >= 11 is 5.97. The molecule has 9 heteroatoms. The van der Waals surface area contributed by atoms with Crippen molar-refractivity contribution in [1.29, 1.82) is 0 Å². The molecule has 0 aromatic heterocycles. The van der Waals surface area contributed by atoms with E-state index in [0.29, 0.717) is 49.9 Å². The molecule has 1 aliphatic heterocycles. The largest absolute Gasteiger partial charge is 0.344 e. The average molecular weight is 466 g/mol. The fourth-order valence-electron chi connectivity index (χ4n) is 3.63. The number of hydrogen-bond acceptors (Lipinski definition) is 4. The van der Waals surface area contributed by atoms with Crippen LogP contribution < -0.4 is 16.4 Å². The smallest absolute Gasteiger partial charge is 0.321 e. The highest BCUT2D eigenvalue weighted by atomic mass is 35.5. The van der Waals surface area contributed by atoms with E-state index in [4.69, 9.17) is 17.3 Å². The fraction of sp³-hybridized carbons (Fsp3) is 0.609. The van der Waals surface area contributed by atoms with Gasteiger partial charge in [0.1, 0.15) is 6.04 Å². The van der Waals surface area contributed by atoms with Gasteiger partial charge >= 0.3 is 6.03 Å². The van der Waals surface area contributed by atoms with E-state index in [1.54, 1.807) is 34.1 Å². The maximum Gasteiger partial charge on any atom is 0.321 e. The molecule has 1 aromatic rings. The number of benzene rings is 1. The number of nitrogens with two attached hydrogens (primary N) is 1. The molecule has 0 aliphatic carbocycles. The Kier molecular flexibility index (Phi) is 10.8. The molecule has 2 rings (SSSR count). The lowest BCUT2D eigenvalue weighted by Gasteiger charge is -2.37. The molecule has 2 atom stereocenters. The number of amides is 4. The second kappa shape index (κ2) is 13.3. The molecule has 2 unspecified atom stereocenters. The number of hydrogen-bond donors (Lipinski definition) is 3. The minimum absolute atomic E-state index is 0.0275. The van der Waals surface area contributed by atoms with Crippen LogP contribution in [0.2, 0.25) is 5.02 Å². The number of carbonyl (C=O) groups excluding carboxylic acids is 3. The number of anilines is 1. The standard InChI is InChI=1S/C23H36ClN5O3/c1-3-17(2)21(27-20(30)10-5-4-6-11-25)22(31)28-12-14-29(15-13-28)23(32)26-19-9-7-8-18(24)16-19/h7-9,16-17,21H,3-6,10-15,25H2,1-2H3,(H,26,32)(H,27,30). The first-order valence-electron chi connectivity index (χ1n) is 11.5. The normalized spacial score (nSPS) is 15.8.